The number of carbonyl (C=O) groups excluding carboxylic acids is 1. The maximum absolute atomic E-state index is 12.3. The van der Waals surface area contributed by atoms with Gasteiger partial charge < -0.3 is 15.3 Å². The molecule has 2 aliphatic rings. The number of amides is 1. The number of nitrogens with zero attached hydrogens (tertiary/aromatic N) is 1. The van der Waals surface area contributed by atoms with Crippen LogP contribution in [0.15, 0.2) is 24.3 Å². The monoisotopic (exact) mass is 320 g/mol. The lowest BCUT2D eigenvalue weighted by molar-refractivity contribution is -0.138. The smallest absolute Gasteiger partial charge is 0.253 e. The van der Waals surface area contributed by atoms with Crippen molar-refractivity contribution in [1.29, 1.82) is 0 Å². The number of hydrogen-bond acceptors (Lipinski definition) is 4. The van der Waals surface area contributed by atoms with Crippen LogP contribution in [0.5, 0.6) is 0 Å². The van der Waals surface area contributed by atoms with Crippen LogP contribution in [0.3, 0.4) is 0 Å². The van der Waals surface area contributed by atoms with E-state index in [4.69, 9.17) is 0 Å². The van der Waals surface area contributed by atoms with Crippen molar-refractivity contribution < 1.29 is 9.90 Å². The molecular weight excluding hydrogens is 296 g/mol. The van der Waals surface area contributed by atoms with Gasteiger partial charge in [0.1, 0.15) is 0 Å². The van der Waals surface area contributed by atoms with E-state index in [2.05, 4.69) is 41.4 Å². The van der Waals surface area contributed by atoms with Crippen molar-refractivity contribution >= 4 is 23.4 Å². The maximum Gasteiger partial charge on any atom is 0.253 e. The molecule has 120 valence electrons. The van der Waals surface area contributed by atoms with E-state index < -0.39 is 5.60 Å². The second kappa shape index (κ2) is 6.50. The van der Waals surface area contributed by atoms with Gasteiger partial charge in [-0.1, -0.05) is 17.7 Å². The summed E-state index contributed by atoms with van der Waals surface area (Å²) in [7, 11) is 0. The number of aliphatic hydroxyl groups is 1. The highest BCUT2D eigenvalue weighted by molar-refractivity contribution is 7.99. The minimum Gasteiger partial charge on any atom is -0.379 e. The Morgan fingerprint density at radius 1 is 1.41 bits per heavy atom. The van der Waals surface area contributed by atoms with Gasteiger partial charge in [0.05, 0.1) is 0 Å². The number of aryl methyl sites for hydroxylation is 1. The summed E-state index contributed by atoms with van der Waals surface area (Å²) in [5.74, 6) is 1.20. The number of benzene rings is 1. The van der Waals surface area contributed by atoms with Crippen LogP contribution in [-0.4, -0.2) is 47.3 Å². The predicted molar refractivity (Wildman–Crippen MR) is 91.4 cm³/mol. The first-order valence-corrected chi connectivity index (χ1v) is 9.15. The van der Waals surface area contributed by atoms with Crippen molar-refractivity contribution in [1.82, 2.24) is 5.32 Å². The Labute approximate surface area is 136 Å². The first-order valence-electron chi connectivity index (χ1n) is 7.99. The van der Waals surface area contributed by atoms with Crippen molar-refractivity contribution in [2.45, 2.75) is 37.8 Å². The SMILES string of the molecule is Cc1ccc(N2CCCC(NC(=O)C3(O)CCSC3)C2)cc1. The number of piperidine rings is 1. The van der Waals surface area contributed by atoms with E-state index in [-0.39, 0.29) is 11.9 Å². The third-order valence-electron chi connectivity index (χ3n) is 4.58. The molecule has 0 radical (unpaired) electrons. The summed E-state index contributed by atoms with van der Waals surface area (Å²) < 4.78 is 0. The third-order valence-corrected chi connectivity index (χ3v) is 5.75. The fourth-order valence-electron chi connectivity index (χ4n) is 3.14. The Bertz CT molecular complexity index is 526. The van der Waals surface area contributed by atoms with Gasteiger partial charge in [-0.3, -0.25) is 4.79 Å². The van der Waals surface area contributed by atoms with Crippen LogP contribution in [0.2, 0.25) is 0 Å². The van der Waals surface area contributed by atoms with E-state index in [1.54, 1.807) is 11.8 Å². The van der Waals surface area contributed by atoms with Crippen LogP contribution >= 0.6 is 11.8 Å². The summed E-state index contributed by atoms with van der Waals surface area (Å²) in [6, 6.07) is 8.64. The molecule has 4 nitrogen and oxygen atoms in total. The largest absolute Gasteiger partial charge is 0.379 e. The van der Waals surface area contributed by atoms with Gasteiger partial charge in [-0.2, -0.15) is 11.8 Å². The molecule has 2 saturated heterocycles. The summed E-state index contributed by atoms with van der Waals surface area (Å²) in [5, 5.41) is 13.4. The van der Waals surface area contributed by atoms with Gasteiger partial charge in [-0.05, 0) is 44.1 Å². The first-order chi connectivity index (χ1) is 10.6. The Morgan fingerprint density at radius 2 is 2.18 bits per heavy atom. The van der Waals surface area contributed by atoms with Crippen LogP contribution in [0.1, 0.15) is 24.8 Å². The molecule has 1 amide bonds. The Morgan fingerprint density at radius 3 is 2.86 bits per heavy atom. The van der Waals surface area contributed by atoms with Gasteiger partial charge in [0.2, 0.25) is 0 Å². The molecule has 2 unspecified atom stereocenters. The quantitative estimate of drug-likeness (QED) is 0.894. The molecule has 0 spiro atoms. The molecule has 3 rings (SSSR count). The summed E-state index contributed by atoms with van der Waals surface area (Å²) in [6.45, 7) is 3.93. The molecule has 0 aliphatic carbocycles. The van der Waals surface area contributed by atoms with Gasteiger partial charge in [0, 0.05) is 30.6 Å². The maximum atomic E-state index is 12.3. The topological polar surface area (TPSA) is 52.6 Å². The third kappa shape index (κ3) is 3.41. The molecule has 2 N–H and O–H groups in total. The van der Waals surface area contributed by atoms with Crippen LogP contribution in [0.4, 0.5) is 5.69 Å². The van der Waals surface area contributed by atoms with Gasteiger partial charge >= 0.3 is 0 Å². The highest BCUT2D eigenvalue weighted by Crippen LogP contribution is 2.28. The lowest BCUT2D eigenvalue weighted by Gasteiger charge is -2.36. The van der Waals surface area contributed by atoms with E-state index >= 15 is 0 Å². The zero-order chi connectivity index (χ0) is 15.6. The number of nitrogens with one attached hydrogen (secondary N) is 1. The van der Waals surface area contributed by atoms with Crippen LogP contribution in [-0.2, 0) is 4.79 Å². The zero-order valence-electron chi connectivity index (χ0n) is 13.0. The number of carbonyl (C=O) groups is 1. The molecule has 22 heavy (non-hydrogen) atoms. The lowest BCUT2D eigenvalue weighted by atomic mass is 9.99. The minimum atomic E-state index is -1.16. The van der Waals surface area contributed by atoms with Crippen LogP contribution in [0, 0.1) is 6.92 Å². The van der Waals surface area contributed by atoms with Crippen molar-refractivity contribution in [3.63, 3.8) is 0 Å². The fourth-order valence-corrected chi connectivity index (χ4v) is 4.38. The highest BCUT2D eigenvalue weighted by atomic mass is 32.2. The average Bonchev–Trinajstić information content (AvgIpc) is 2.96. The van der Waals surface area contributed by atoms with Gasteiger partial charge in [0.15, 0.2) is 5.60 Å². The molecule has 2 aliphatic heterocycles. The summed E-state index contributed by atoms with van der Waals surface area (Å²) in [6.07, 6.45) is 2.61. The fraction of sp³-hybridized carbons (Fsp3) is 0.588. The predicted octanol–water partition coefficient (Wildman–Crippen LogP) is 1.95. The number of hydrogen-bond donors (Lipinski definition) is 2. The second-order valence-corrected chi connectivity index (χ2v) is 7.53. The van der Waals surface area contributed by atoms with Crippen molar-refractivity contribution in [3.8, 4) is 0 Å². The Kier molecular flexibility index (Phi) is 4.64. The molecule has 2 fully saturated rings. The first kappa shape index (κ1) is 15.7. The molecule has 1 aromatic rings. The molecule has 2 heterocycles. The second-order valence-electron chi connectivity index (χ2n) is 6.43. The Balaban J connectivity index is 1.61. The number of thioether (sulfide) groups is 1. The van der Waals surface area contributed by atoms with Crippen molar-refractivity contribution in [2.24, 2.45) is 0 Å². The standard InChI is InChI=1S/C17H24N2O2S/c1-13-4-6-15(7-5-13)19-9-2-3-14(11-19)18-16(20)17(21)8-10-22-12-17/h4-7,14,21H,2-3,8-12H2,1H3,(H,18,20). The lowest BCUT2D eigenvalue weighted by Crippen LogP contribution is -2.54. The number of anilines is 1. The molecular formula is C17H24N2O2S. The molecule has 5 heteroatoms. The summed E-state index contributed by atoms with van der Waals surface area (Å²) in [4.78, 5) is 14.7. The van der Waals surface area contributed by atoms with E-state index in [1.807, 2.05) is 0 Å². The molecule has 0 aromatic heterocycles. The van der Waals surface area contributed by atoms with Crippen LogP contribution in [0.25, 0.3) is 0 Å². The van der Waals surface area contributed by atoms with E-state index in [0.29, 0.717) is 12.2 Å². The van der Waals surface area contributed by atoms with E-state index in [0.717, 1.165) is 31.7 Å². The highest BCUT2D eigenvalue weighted by Gasteiger charge is 2.40. The van der Waals surface area contributed by atoms with E-state index in [1.165, 1.54) is 11.3 Å². The molecule has 2 atom stereocenters. The number of rotatable bonds is 3. The van der Waals surface area contributed by atoms with E-state index in [9.17, 15) is 9.90 Å². The van der Waals surface area contributed by atoms with Crippen molar-refractivity contribution in [3.05, 3.63) is 29.8 Å². The van der Waals surface area contributed by atoms with Crippen molar-refractivity contribution in [2.75, 3.05) is 29.5 Å². The molecule has 0 saturated carbocycles. The molecule has 1 aromatic carbocycles. The minimum absolute atomic E-state index is 0.122. The Hall–Kier alpha value is -1.20. The summed E-state index contributed by atoms with van der Waals surface area (Å²) >= 11 is 1.65. The van der Waals surface area contributed by atoms with Gasteiger partial charge in [-0.25, -0.2) is 0 Å². The van der Waals surface area contributed by atoms with Gasteiger partial charge in [0.25, 0.3) is 5.91 Å². The molecule has 0 bridgehead atoms. The zero-order valence-corrected chi connectivity index (χ0v) is 13.9. The normalized spacial score (nSPS) is 28.6. The summed E-state index contributed by atoms with van der Waals surface area (Å²) in [5.41, 5.74) is 1.31. The van der Waals surface area contributed by atoms with Gasteiger partial charge in [-0.15, -0.1) is 0 Å². The van der Waals surface area contributed by atoms with Crippen LogP contribution < -0.4 is 10.2 Å². The average molecular weight is 320 g/mol.